The predicted octanol–water partition coefficient (Wildman–Crippen LogP) is 13.6. The molecule has 0 aliphatic rings. The molecule has 0 amide bonds. The Morgan fingerprint density at radius 3 is 1.83 bits per heavy atom. The minimum Gasteiger partial charge on any atom is -0.456 e. The van der Waals surface area contributed by atoms with Crippen molar-refractivity contribution in [2.24, 2.45) is 0 Å². The van der Waals surface area contributed by atoms with E-state index in [0.717, 1.165) is 103 Å². The van der Waals surface area contributed by atoms with Gasteiger partial charge in [0.1, 0.15) is 16.2 Å². The number of rotatable bonds is 5. The molecular weight excluding hydrogens is 757 g/mol. The summed E-state index contributed by atoms with van der Waals surface area (Å²) in [6.07, 6.45) is 0. The lowest BCUT2D eigenvalue weighted by Crippen LogP contribution is -2.07. The second-order valence-corrected chi connectivity index (χ2v) is 16.1. The van der Waals surface area contributed by atoms with Crippen LogP contribution in [0.5, 0.6) is 0 Å². The predicted molar refractivity (Wildman–Crippen MR) is 245 cm³/mol. The van der Waals surface area contributed by atoms with Gasteiger partial charge in [-0.1, -0.05) is 121 Å². The normalized spacial score (nSPS) is 12.0. The molecule has 0 unspecified atom stereocenters. The number of hydrogen-bond acceptors (Lipinski definition) is 6. The van der Waals surface area contributed by atoms with Crippen molar-refractivity contribution < 1.29 is 4.42 Å². The molecule has 0 atom stereocenters. The van der Waals surface area contributed by atoms with Gasteiger partial charge in [-0.05, 0) is 60.7 Å². The van der Waals surface area contributed by atoms with E-state index in [1.54, 1.807) is 11.3 Å². The fraction of sp³-hybridized carbons (Fsp3) is 0. The van der Waals surface area contributed by atoms with Crippen LogP contribution in [-0.4, -0.2) is 29.1 Å². The molecule has 0 saturated carbocycles. The smallest absolute Gasteiger partial charge is 0.238 e. The molecule has 0 fully saturated rings. The molecule has 280 valence electrons. The lowest BCUT2D eigenvalue weighted by Gasteiger charge is -2.15. The summed E-state index contributed by atoms with van der Waals surface area (Å²) in [4.78, 5) is 21.0. The lowest BCUT2D eigenvalue weighted by molar-refractivity contribution is 0.669. The minimum atomic E-state index is 0.533. The monoisotopic (exact) mass is 786 g/mol. The number of hydrogen-bond donors (Lipinski definition) is 0. The second kappa shape index (κ2) is 12.8. The van der Waals surface area contributed by atoms with Crippen LogP contribution in [0.1, 0.15) is 0 Å². The highest BCUT2D eigenvalue weighted by atomic mass is 32.1. The van der Waals surface area contributed by atoms with Gasteiger partial charge in [0, 0.05) is 49.0 Å². The van der Waals surface area contributed by atoms with Gasteiger partial charge in [0.2, 0.25) is 5.95 Å². The van der Waals surface area contributed by atoms with Crippen molar-refractivity contribution in [2.45, 2.75) is 0 Å². The van der Waals surface area contributed by atoms with E-state index in [0.29, 0.717) is 17.6 Å². The van der Waals surface area contributed by atoms with Crippen LogP contribution in [0.3, 0.4) is 0 Å². The first kappa shape index (κ1) is 33.1. The van der Waals surface area contributed by atoms with Crippen molar-refractivity contribution in [1.82, 2.24) is 29.1 Å². The lowest BCUT2D eigenvalue weighted by atomic mass is 10.1. The molecule has 0 N–H and O–H groups in total. The standard InChI is InChI=1S/C52H30N6OS/c1-2-14-31(15-3-1)49-54-50(32-26-29-45-39(30-32)35-18-7-12-24-44(35)59-45)56-52(55-49)58-42-22-10-5-17-34(42)37-28-27-36-33-16-4-9-21-41(33)57(47(36)48(37)58)43-23-11-6-19-38(43)51-53-40-20-8-13-25-46(40)60-51/h1-30H. The molecule has 0 aliphatic heterocycles. The summed E-state index contributed by atoms with van der Waals surface area (Å²) in [7, 11) is 0. The molecule has 0 bridgehead atoms. The van der Waals surface area contributed by atoms with E-state index in [1.165, 1.54) is 0 Å². The van der Waals surface area contributed by atoms with E-state index in [4.69, 9.17) is 24.4 Å². The number of para-hydroxylation sites is 5. The summed E-state index contributed by atoms with van der Waals surface area (Å²) < 4.78 is 12.0. The van der Waals surface area contributed by atoms with Crippen LogP contribution in [0, 0.1) is 0 Å². The van der Waals surface area contributed by atoms with E-state index in [9.17, 15) is 0 Å². The van der Waals surface area contributed by atoms with E-state index < -0.39 is 0 Å². The molecule has 60 heavy (non-hydrogen) atoms. The first-order valence-electron chi connectivity index (χ1n) is 19.9. The minimum absolute atomic E-state index is 0.533. The summed E-state index contributed by atoms with van der Waals surface area (Å²) in [5, 5.41) is 7.55. The van der Waals surface area contributed by atoms with Crippen LogP contribution in [0.4, 0.5) is 0 Å². The Morgan fingerprint density at radius 1 is 0.417 bits per heavy atom. The molecule has 13 aromatic rings. The molecule has 8 aromatic carbocycles. The quantitative estimate of drug-likeness (QED) is 0.174. The van der Waals surface area contributed by atoms with Gasteiger partial charge in [0.15, 0.2) is 11.6 Å². The van der Waals surface area contributed by atoms with Crippen LogP contribution in [0.15, 0.2) is 186 Å². The Kier molecular flexibility index (Phi) is 7.05. The zero-order valence-corrected chi connectivity index (χ0v) is 32.6. The highest BCUT2D eigenvalue weighted by molar-refractivity contribution is 7.21. The molecule has 7 nitrogen and oxygen atoms in total. The van der Waals surface area contributed by atoms with Crippen molar-refractivity contribution in [1.29, 1.82) is 0 Å². The Balaban J connectivity index is 1.15. The van der Waals surface area contributed by atoms with Gasteiger partial charge in [0.05, 0.1) is 38.0 Å². The molecule has 0 spiro atoms. The summed E-state index contributed by atoms with van der Waals surface area (Å²) in [5.41, 5.74) is 10.7. The van der Waals surface area contributed by atoms with Crippen molar-refractivity contribution in [2.75, 3.05) is 0 Å². The van der Waals surface area contributed by atoms with Gasteiger partial charge in [-0.15, -0.1) is 11.3 Å². The third kappa shape index (κ3) is 4.88. The Bertz CT molecular complexity index is 3820. The number of thiazole rings is 1. The number of furan rings is 1. The van der Waals surface area contributed by atoms with E-state index in [1.807, 2.05) is 54.6 Å². The SMILES string of the molecule is c1ccc(-c2nc(-c3ccc4oc5ccccc5c4c3)nc(-n3c4ccccc4c4ccc5c6ccccc6n(-c6ccccc6-c6nc7ccccc7s6)c5c43)n2)cc1. The topological polar surface area (TPSA) is 74.6 Å². The maximum absolute atomic E-state index is 6.22. The first-order valence-corrected chi connectivity index (χ1v) is 20.7. The van der Waals surface area contributed by atoms with Gasteiger partial charge < -0.3 is 8.98 Å². The summed E-state index contributed by atoms with van der Waals surface area (Å²) in [6.45, 7) is 0. The Morgan fingerprint density at radius 2 is 1.03 bits per heavy atom. The third-order valence-corrected chi connectivity index (χ3v) is 12.7. The molecule has 5 heterocycles. The Hall–Kier alpha value is -7.94. The number of fused-ring (bicyclic) bond motifs is 11. The van der Waals surface area contributed by atoms with E-state index in [2.05, 4.69) is 137 Å². The van der Waals surface area contributed by atoms with Crippen molar-refractivity contribution in [3.63, 3.8) is 0 Å². The van der Waals surface area contributed by atoms with Crippen LogP contribution < -0.4 is 0 Å². The molecule has 0 aliphatic carbocycles. The molecular formula is C52H30N6OS. The van der Waals surface area contributed by atoms with Crippen LogP contribution >= 0.6 is 11.3 Å². The van der Waals surface area contributed by atoms with Crippen LogP contribution in [-0.2, 0) is 0 Å². The van der Waals surface area contributed by atoms with Gasteiger partial charge in [-0.3, -0.25) is 4.57 Å². The van der Waals surface area contributed by atoms with Crippen molar-refractivity contribution in [3.8, 4) is 45.0 Å². The molecule has 13 rings (SSSR count). The zero-order valence-electron chi connectivity index (χ0n) is 31.8. The molecule has 0 radical (unpaired) electrons. The van der Waals surface area contributed by atoms with Gasteiger partial charge in [0.25, 0.3) is 0 Å². The van der Waals surface area contributed by atoms with Gasteiger partial charge in [-0.25, -0.2) is 9.97 Å². The van der Waals surface area contributed by atoms with E-state index in [-0.39, 0.29) is 0 Å². The highest BCUT2D eigenvalue weighted by Crippen LogP contribution is 2.44. The summed E-state index contributed by atoms with van der Waals surface area (Å²) in [6, 6.07) is 63.2. The summed E-state index contributed by atoms with van der Waals surface area (Å²) in [5.74, 6) is 1.70. The fourth-order valence-corrected chi connectivity index (χ4v) is 9.97. The van der Waals surface area contributed by atoms with Crippen LogP contribution in [0.2, 0.25) is 0 Å². The van der Waals surface area contributed by atoms with Crippen molar-refractivity contribution in [3.05, 3.63) is 182 Å². The third-order valence-electron chi connectivity index (χ3n) is 11.6. The highest BCUT2D eigenvalue weighted by Gasteiger charge is 2.25. The molecule has 8 heteroatoms. The largest absolute Gasteiger partial charge is 0.456 e. The zero-order chi connectivity index (χ0) is 39.3. The van der Waals surface area contributed by atoms with E-state index >= 15 is 0 Å². The number of aromatic nitrogens is 6. The summed E-state index contributed by atoms with van der Waals surface area (Å²) >= 11 is 1.72. The maximum Gasteiger partial charge on any atom is 0.238 e. The Labute approximate surface area is 346 Å². The first-order chi connectivity index (χ1) is 29.7. The molecule has 0 saturated heterocycles. The second-order valence-electron chi connectivity index (χ2n) is 15.0. The van der Waals surface area contributed by atoms with Gasteiger partial charge in [-0.2, -0.15) is 9.97 Å². The molecule has 5 aromatic heterocycles. The average Bonchev–Trinajstić information content (AvgIpc) is 4.08. The van der Waals surface area contributed by atoms with Crippen molar-refractivity contribution >= 4 is 87.1 Å². The number of nitrogens with zero attached hydrogens (tertiary/aromatic N) is 6. The fourth-order valence-electron chi connectivity index (χ4n) is 8.97. The van der Waals surface area contributed by atoms with Gasteiger partial charge >= 0.3 is 0 Å². The maximum atomic E-state index is 6.22. The van der Waals surface area contributed by atoms with Crippen LogP contribution in [0.25, 0.3) is 121 Å². The average molecular weight is 787 g/mol. The number of benzene rings is 8.